The fraction of sp³-hybridized carbons (Fsp3) is 0.267. The fourth-order valence-corrected chi connectivity index (χ4v) is 1.43. The van der Waals surface area contributed by atoms with Crippen molar-refractivity contribution in [3.8, 4) is 0 Å². The van der Waals surface area contributed by atoms with Crippen LogP contribution < -0.4 is 0 Å². The highest BCUT2D eigenvalue weighted by molar-refractivity contribution is 6.04. The van der Waals surface area contributed by atoms with Crippen LogP contribution in [-0.2, 0) is 0 Å². The lowest BCUT2D eigenvalue weighted by Crippen LogP contribution is -1.92. The second kappa shape index (κ2) is 8.48. The number of hydrogen-bond donors (Lipinski definition) is 1. The van der Waals surface area contributed by atoms with E-state index >= 15 is 0 Å². The van der Waals surface area contributed by atoms with Gasteiger partial charge in [-0.2, -0.15) is 0 Å². The third-order valence-corrected chi connectivity index (χ3v) is 2.34. The molecule has 1 aromatic carbocycles. The van der Waals surface area contributed by atoms with Gasteiger partial charge in [0.25, 0.3) is 0 Å². The van der Waals surface area contributed by atoms with Gasteiger partial charge < -0.3 is 5.11 Å². The quantitative estimate of drug-likeness (QED) is 0.338. The van der Waals surface area contributed by atoms with Gasteiger partial charge in [-0.3, -0.25) is 4.79 Å². The molecule has 0 aromatic heterocycles. The van der Waals surface area contributed by atoms with Gasteiger partial charge in [-0.05, 0) is 25.3 Å². The fourth-order valence-electron chi connectivity index (χ4n) is 1.43. The number of ketones is 1. The van der Waals surface area contributed by atoms with Crippen LogP contribution in [0.1, 0.15) is 29.6 Å². The first-order valence-electron chi connectivity index (χ1n) is 5.86. The first-order chi connectivity index (χ1) is 8.34. The van der Waals surface area contributed by atoms with E-state index in [-0.39, 0.29) is 12.4 Å². The zero-order chi connectivity index (χ0) is 12.3. The van der Waals surface area contributed by atoms with E-state index in [0.717, 1.165) is 24.8 Å². The molecule has 0 fully saturated rings. The summed E-state index contributed by atoms with van der Waals surface area (Å²) in [5.41, 5.74) is 0.726. The monoisotopic (exact) mass is 230 g/mol. The van der Waals surface area contributed by atoms with Gasteiger partial charge in [0.2, 0.25) is 0 Å². The minimum atomic E-state index is 0.0523. The summed E-state index contributed by atoms with van der Waals surface area (Å²) in [6.45, 7) is 0.0995. The molecular weight excluding hydrogens is 212 g/mol. The maximum absolute atomic E-state index is 11.6. The van der Waals surface area contributed by atoms with E-state index < -0.39 is 0 Å². The Labute approximate surface area is 102 Å². The van der Waals surface area contributed by atoms with Gasteiger partial charge in [0, 0.05) is 5.56 Å². The van der Waals surface area contributed by atoms with Crippen molar-refractivity contribution in [1.29, 1.82) is 0 Å². The minimum absolute atomic E-state index is 0.0523. The van der Waals surface area contributed by atoms with Gasteiger partial charge in [-0.15, -0.1) is 0 Å². The molecule has 0 atom stereocenters. The summed E-state index contributed by atoms with van der Waals surface area (Å²) in [6, 6.07) is 9.25. The van der Waals surface area contributed by atoms with Crippen molar-refractivity contribution in [1.82, 2.24) is 0 Å². The molecule has 1 aromatic rings. The van der Waals surface area contributed by atoms with Crippen molar-refractivity contribution in [3.63, 3.8) is 0 Å². The highest BCUT2D eigenvalue weighted by atomic mass is 16.2. The van der Waals surface area contributed by atoms with E-state index in [1.807, 2.05) is 42.5 Å². The zero-order valence-corrected chi connectivity index (χ0v) is 9.88. The summed E-state index contributed by atoms with van der Waals surface area (Å²) < 4.78 is 0. The highest BCUT2D eigenvalue weighted by Crippen LogP contribution is 2.03. The van der Waals surface area contributed by atoms with Crippen LogP contribution in [0, 0.1) is 0 Å². The van der Waals surface area contributed by atoms with E-state index in [1.54, 1.807) is 12.2 Å². The second-order valence-electron chi connectivity index (χ2n) is 3.72. The minimum Gasteiger partial charge on any atom is -0.392 e. The Morgan fingerprint density at radius 3 is 2.47 bits per heavy atom. The van der Waals surface area contributed by atoms with Crippen LogP contribution in [-0.4, -0.2) is 17.5 Å². The number of hydrogen-bond acceptors (Lipinski definition) is 2. The number of allylic oxidation sites excluding steroid dienone is 3. The van der Waals surface area contributed by atoms with Crippen molar-refractivity contribution in [2.24, 2.45) is 0 Å². The van der Waals surface area contributed by atoms with Crippen molar-refractivity contribution in [2.45, 2.75) is 19.3 Å². The molecule has 0 aliphatic carbocycles. The van der Waals surface area contributed by atoms with E-state index in [2.05, 4.69) is 0 Å². The molecule has 17 heavy (non-hydrogen) atoms. The molecule has 0 spiro atoms. The Kier molecular flexibility index (Phi) is 6.68. The van der Waals surface area contributed by atoms with Crippen LogP contribution in [0.25, 0.3) is 0 Å². The summed E-state index contributed by atoms with van der Waals surface area (Å²) in [7, 11) is 0. The van der Waals surface area contributed by atoms with Gasteiger partial charge >= 0.3 is 0 Å². The van der Waals surface area contributed by atoms with Gasteiger partial charge in [-0.1, -0.05) is 48.6 Å². The molecule has 0 bridgehead atoms. The van der Waals surface area contributed by atoms with Gasteiger partial charge in [0.05, 0.1) is 6.61 Å². The highest BCUT2D eigenvalue weighted by Gasteiger charge is 1.98. The molecule has 0 saturated heterocycles. The third kappa shape index (κ3) is 5.83. The van der Waals surface area contributed by atoms with E-state index in [0.29, 0.717) is 0 Å². The number of carbonyl (C=O) groups excluding carboxylic acids is 1. The Hall–Kier alpha value is -1.67. The predicted molar refractivity (Wildman–Crippen MR) is 70.0 cm³/mol. The normalized spacial score (nSPS) is 11.4. The lowest BCUT2D eigenvalue weighted by molar-refractivity contribution is 0.104. The van der Waals surface area contributed by atoms with Gasteiger partial charge in [0.1, 0.15) is 0 Å². The number of aliphatic hydroxyl groups excluding tert-OH is 1. The van der Waals surface area contributed by atoms with Crippen molar-refractivity contribution >= 4 is 5.78 Å². The molecule has 1 rings (SSSR count). The number of benzene rings is 1. The zero-order valence-electron chi connectivity index (χ0n) is 9.88. The number of carbonyl (C=O) groups is 1. The molecular formula is C15H18O2. The Morgan fingerprint density at radius 2 is 1.76 bits per heavy atom. The number of rotatable bonds is 7. The molecule has 0 radical (unpaired) electrons. The molecule has 0 aliphatic heterocycles. The van der Waals surface area contributed by atoms with Crippen molar-refractivity contribution in [2.75, 3.05) is 6.61 Å². The SMILES string of the molecule is O=C(/C=C/CCC/C=C/CO)c1ccccc1. The standard InChI is InChI=1S/C15H18O2/c16-13-9-4-2-1-3-8-12-15(17)14-10-6-5-7-11-14/h4-12,16H,1-3,13H2/b9-4+,12-8+. The summed E-state index contributed by atoms with van der Waals surface area (Å²) in [4.78, 5) is 11.6. The first kappa shape index (κ1) is 13.4. The summed E-state index contributed by atoms with van der Waals surface area (Å²) >= 11 is 0. The third-order valence-electron chi connectivity index (χ3n) is 2.34. The average molecular weight is 230 g/mol. The lowest BCUT2D eigenvalue weighted by Gasteiger charge is -1.94. The molecule has 0 saturated carbocycles. The molecule has 90 valence electrons. The number of aliphatic hydroxyl groups is 1. The molecule has 1 N–H and O–H groups in total. The summed E-state index contributed by atoms with van der Waals surface area (Å²) in [5, 5.41) is 8.52. The summed E-state index contributed by atoms with van der Waals surface area (Å²) in [5.74, 6) is 0.0523. The lowest BCUT2D eigenvalue weighted by atomic mass is 10.1. The molecule has 2 nitrogen and oxygen atoms in total. The van der Waals surface area contributed by atoms with Crippen LogP contribution in [0.15, 0.2) is 54.6 Å². The predicted octanol–water partition coefficient (Wildman–Crippen LogP) is 3.14. The van der Waals surface area contributed by atoms with Crippen molar-refractivity contribution in [3.05, 3.63) is 60.2 Å². The maximum atomic E-state index is 11.6. The van der Waals surface area contributed by atoms with E-state index in [9.17, 15) is 4.79 Å². The number of unbranched alkanes of at least 4 members (excludes halogenated alkanes) is 2. The van der Waals surface area contributed by atoms with Crippen LogP contribution >= 0.6 is 0 Å². The maximum Gasteiger partial charge on any atom is 0.185 e. The first-order valence-corrected chi connectivity index (χ1v) is 5.86. The topological polar surface area (TPSA) is 37.3 Å². The molecule has 0 amide bonds. The second-order valence-corrected chi connectivity index (χ2v) is 3.72. The van der Waals surface area contributed by atoms with E-state index in [4.69, 9.17) is 5.11 Å². The average Bonchev–Trinajstić information content (AvgIpc) is 2.38. The van der Waals surface area contributed by atoms with Gasteiger partial charge in [0.15, 0.2) is 5.78 Å². The summed E-state index contributed by atoms with van der Waals surface area (Å²) in [6.07, 6.45) is 10.0. The molecule has 0 heterocycles. The van der Waals surface area contributed by atoms with Gasteiger partial charge in [-0.25, -0.2) is 0 Å². The molecule has 0 aliphatic rings. The van der Waals surface area contributed by atoms with E-state index in [1.165, 1.54) is 0 Å². The Balaban J connectivity index is 2.25. The Morgan fingerprint density at radius 1 is 1.06 bits per heavy atom. The van der Waals surface area contributed by atoms with Crippen LogP contribution in [0.2, 0.25) is 0 Å². The van der Waals surface area contributed by atoms with Crippen LogP contribution in [0.3, 0.4) is 0 Å². The van der Waals surface area contributed by atoms with Crippen molar-refractivity contribution < 1.29 is 9.90 Å². The van der Waals surface area contributed by atoms with Crippen LogP contribution in [0.4, 0.5) is 0 Å². The smallest absolute Gasteiger partial charge is 0.185 e. The largest absolute Gasteiger partial charge is 0.392 e. The Bertz CT molecular complexity index is 377. The molecule has 2 heteroatoms. The molecule has 0 unspecified atom stereocenters. The van der Waals surface area contributed by atoms with Crippen LogP contribution in [0.5, 0.6) is 0 Å².